The van der Waals surface area contributed by atoms with Gasteiger partial charge in [0.25, 0.3) is 5.91 Å². The van der Waals surface area contributed by atoms with Gasteiger partial charge in [0.15, 0.2) is 5.82 Å². The number of hydrogen-bond acceptors (Lipinski definition) is 4. The number of nitrogens with zero attached hydrogens (tertiary/aromatic N) is 3. The molecule has 0 saturated carbocycles. The Morgan fingerprint density at radius 2 is 1.93 bits per heavy atom. The van der Waals surface area contributed by atoms with Crippen LogP contribution in [0.4, 0.5) is 0 Å². The van der Waals surface area contributed by atoms with E-state index in [1.54, 1.807) is 11.8 Å². The topological polar surface area (TPSA) is 69.0 Å². The lowest BCUT2D eigenvalue weighted by Gasteiger charge is -2.11. The molecule has 6 nitrogen and oxygen atoms in total. The Labute approximate surface area is 159 Å². The Bertz CT molecular complexity index is 963. The number of benzene rings is 2. The van der Waals surface area contributed by atoms with E-state index in [0.29, 0.717) is 19.0 Å². The minimum absolute atomic E-state index is 0.142. The highest BCUT2D eigenvalue weighted by Gasteiger charge is 2.19. The van der Waals surface area contributed by atoms with Crippen LogP contribution in [0.5, 0.6) is 0 Å². The standard InChI is InChI=1S/C21H24N4O2/c1-14-7-5-9-17(13-14)20-23-19(21(26)22-11-12-27-4)24-25(20)18-10-6-8-15(2)16(18)3/h5-10,13H,11-12H2,1-4H3,(H,22,26). The molecule has 0 fully saturated rings. The van der Waals surface area contributed by atoms with Gasteiger partial charge >= 0.3 is 0 Å². The van der Waals surface area contributed by atoms with Crippen LogP contribution >= 0.6 is 0 Å². The molecule has 0 bridgehead atoms. The second kappa shape index (κ2) is 8.14. The first-order valence-electron chi connectivity index (χ1n) is 8.89. The summed E-state index contributed by atoms with van der Waals surface area (Å²) in [6, 6.07) is 14.1. The van der Waals surface area contributed by atoms with E-state index in [4.69, 9.17) is 4.74 Å². The van der Waals surface area contributed by atoms with Crippen molar-refractivity contribution in [2.75, 3.05) is 20.3 Å². The van der Waals surface area contributed by atoms with Crippen molar-refractivity contribution < 1.29 is 9.53 Å². The Balaban J connectivity index is 2.10. The molecule has 1 heterocycles. The van der Waals surface area contributed by atoms with Crippen LogP contribution in [0.3, 0.4) is 0 Å². The lowest BCUT2D eigenvalue weighted by molar-refractivity contribution is 0.0927. The van der Waals surface area contributed by atoms with E-state index in [0.717, 1.165) is 27.9 Å². The van der Waals surface area contributed by atoms with E-state index in [1.165, 1.54) is 0 Å². The van der Waals surface area contributed by atoms with Crippen LogP contribution in [0.1, 0.15) is 27.3 Å². The highest BCUT2D eigenvalue weighted by molar-refractivity contribution is 5.91. The van der Waals surface area contributed by atoms with Gasteiger partial charge < -0.3 is 10.1 Å². The normalized spacial score (nSPS) is 10.8. The average molecular weight is 364 g/mol. The van der Waals surface area contributed by atoms with E-state index < -0.39 is 0 Å². The summed E-state index contributed by atoms with van der Waals surface area (Å²) in [5.41, 5.74) is 5.20. The maximum atomic E-state index is 12.5. The van der Waals surface area contributed by atoms with E-state index in [9.17, 15) is 4.79 Å². The predicted molar refractivity (Wildman–Crippen MR) is 105 cm³/mol. The van der Waals surface area contributed by atoms with Crippen molar-refractivity contribution in [1.29, 1.82) is 0 Å². The van der Waals surface area contributed by atoms with Crippen LogP contribution in [0.2, 0.25) is 0 Å². The molecule has 0 spiro atoms. The molecule has 140 valence electrons. The highest BCUT2D eigenvalue weighted by atomic mass is 16.5. The minimum Gasteiger partial charge on any atom is -0.383 e. The molecule has 3 aromatic rings. The summed E-state index contributed by atoms with van der Waals surface area (Å²) in [6.45, 7) is 6.98. The summed E-state index contributed by atoms with van der Waals surface area (Å²) in [7, 11) is 1.59. The van der Waals surface area contributed by atoms with Gasteiger partial charge in [-0.2, -0.15) is 0 Å². The minimum atomic E-state index is -0.315. The number of ether oxygens (including phenoxy) is 1. The Kier molecular flexibility index (Phi) is 5.66. The summed E-state index contributed by atoms with van der Waals surface area (Å²) in [5.74, 6) is 0.470. The van der Waals surface area contributed by atoms with Crippen LogP contribution in [-0.2, 0) is 4.74 Å². The van der Waals surface area contributed by atoms with Crippen LogP contribution in [0.15, 0.2) is 42.5 Å². The summed E-state index contributed by atoms with van der Waals surface area (Å²) in [6.07, 6.45) is 0. The van der Waals surface area contributed by atoms with Gasteiger partial charge in [0.05, 0.1) is 12.3 Å². The van der Waals surface area contributed by atoms with Crippen LogP contribution in [0.25, 0.3) is 17.1 Å². The monoisotopic (exact) mass is 364 g/mol. The summed E-state index contributed by atoms with van der Waals surface area (Å²) < 4.78 is 6.73. The third kappa shape index (κ3) is 4.06. The number of methoxy groups -OCH3 is 1. The van der Waals surface area contributed by atoms with Crippen molar-refractivity contribution in [3.05, 3.63) is 65.0 Å². The molecule has 1 aromatic heterocycles. The lowest BCUT2D eigenvalue weighted by Crippen LogP contribution is -2.28. The molecule has 2 aromatic carbocycles. The van der Waals surface area contributed by atoms with Gasteiger partial charge in [0.2, 0.25) is 5.82 Å². The van der Waals surface area contributed by atoms with Gasteiger partial charge in [-0.05, 0) is 44.0 Å². The van der Waals surface area contributed by atoms with E-state index in [-0.39, 0.29) is 11.7 Å². The predicted octanol–water partition coefficient (Wildman–Crippen LogP) is 3.24. The molecule has 0 aliphatic heterocycles. The molecular formula is C21H24N4O2. The van der Waals surface area contributed by atoms with Crippen LogP contribution in [0, 0.1) is 20.8 Å². The summed E-state index contributed by atoms with van der Waals surface area (Å²) in [5, 5.41) is 7.30. The van der Waals surface area contributed by atoms with Gasteiger partial charge in [-0.25, -0.2) is 9.67 Å². The van der Waals surface area contributed by atoms with Crippen molar-refractivity contribution in [3.63, 3.8) is 0 Å². The molecule has 6 heteroatoms. The number of rotatable bonds is 6. The molecule has 0 aliphatic rings. The smallest absolute Gasteiger partial charge is 0.291 e. The van der Waals surface area contributed by atoms with Crippen molar-refractivity contribution in [2.45, 2.75) is 20.8 Å². The first kappa shape index (κ1) is 18.8. The zero-order valence-electron chi connectivity index (χ0n) is 16.1. The molecule has 0 saturated heterocycles. The molecule has 1 amide bonds. The van der Waals surface area contributed by atoms with Gasteiger partial charge in [-0.3, -0.25) is 4.79 Å². The molecule has 0 unspecified atom stereocenters. The number of nitrogens with one attached hydrogen (secondary N) is 1. The number of amides is 1. The number of aryl methyl sites for hydroxylation is 2. The second-order valence-electron chi connectivity index (χ2n) is 6.51. The fourth-order valence-electron chi connectivity index (χ4n) is 2.86. The van der Waals surface area contributed by atoms with Crippen LogP contribution in [-0.4, -0.2) is 40.9 Å². The fourth-order valence-corrected chi connectivity index (χ4v) is 2.86. The Morgan fingerprint density at radius 3 is 2.67 bits per heavy atom. The number of carbonyl (C=O) groups is 1. The molecule has 3 rings (SSSR count). The van der Waals surface area contributed by atoms with Gasteiger partial charge in [0.1, 0.15) is 0 Å². The molecule has 27 heavy (non-hydrogen) atoms. The summed E-state index contributed by atoms with van der Waals surface area (Å²) >= 11 is 0. The van der Waals surface area contributed by atoms with E-state index in [1.807, 2.05) is 50.2 Å². The number of hydrogen-bond donors (Lipinski definition) is 1. The lowest BCUT2D eigenvalue weighted by atomic mass is 10.1. The van der Waals surface area contributed by atoms with Crippen molar-refractivity contribution in [2.24, 2.45) is 0 Å². The fraction of sp³-hybridized carbons (Fsp3) is 0.286. The van der Waals surface area contributed by atoms with Crippen molar-refractivity contribution in [1.82, 2.24) is 20.1 Å². The molecule has 0 aliphatic carbocycles. The SMILES string of the molecule is COCCNC(=O)c1nc(-c2cccc(C)c2)n(-c2cccc(C)c2C)n1. The first-order chi connectivity index (χ1) is 13.0. The zero-order chi connectivity index (χ0) is 19.4. The molecule has 0 radical (unpaired) electrons. The third-order valence-corrected chi connectivity index (χ3v) is 4.48. The maximum Gasteiger partial charge on any atom is 0.291 e. The second-order valence-corrected chi connectivity index (χ2v) is 6.51. The molecule has 0 atom stereocenters. The largest absolute Gasteiger partial charge is 0.383 e. The van der Waals surface area contributed by atoms with Gasteiger partial charge in [-0.1, -0.05) is 35.9 Å². The van der Waals surface area contributed by atoms with Crippen LogP contribution < -0.4 is 5.32 Å². The Morgan fingerprint density at radius 1 is 1.15 bits per heavy atom. The van der Waals surface area contributed by atoms with Gasteiger partial charge in [-0.15, -0.1) is 5.10 Å². The van der Waals surface area contributed by atoms with E-state index in [2.05, 4.69) is 28.4 Å². The average Bonchev–Trinajstić information content (AvgIpc) is 3.09. The number of carbonyl (C=O) groups excluding carboxylic acids is 1. The third-order valence-electron chi connectivity index (χ3n) is 4.48. The summed E-state index contributed by atoms with van der Waals surface area (Å²) in [4.78, 5) is 17.0. The van der Waals surface area contributed by atoms with E-state index >= 15 is 0 Å². The maximum absolute atomic E-state index is 12.5. The molecular weight excluding hydrogens is 340 g/mol. The quantitative estimate of drug-likeness (QED) is 0.682. The first-order valence-corrected chi connectivity index (χ1v) is 8.89. The molecule has 1 N–H and O–H groups in total. The number of aromatic nitrogens is 3. The highest BCUT2D eigenvalue weighted by Crippen LogP contribution is 2.25. The van der Waals surface area contributed by atoms with Gasteiger partial charge in [0, 0.05) is 19.2 Å². The van der Waals surface area contributed by atoms with Crippen molar-refractivity contribution in [3.8, 4) is 17.1 Å². The van der Waals surface area contributed by atoms with Crippen molar-refractivity contribution >= 4 is 5.91 Å². The Hall–Kier alpha value is -2.99. The zero-order valence-corrected chi connectivity index (χ0v) is 16.1.